The minimum absolute atomic E-state index is 0.0502. The number of carbonyl (C=O) groups excluding carboxylic acids is 1. The van der Waals surface area contributed by atoms with Gasteiger partial charge in [0, 0.05) is 13.7 Å². The zero-order valence-corrected chi connectivity index (χ0v) is 9.07. The lowest BCUT2D eigenvalue weighted by atomic mass is 10.0. The van der Waals surface area contributed by atoms with Gasteiger partial charge >= 0.3 is 0 Å². The molecule has 1 heterocycles. The average molecular weight is 217 g/mol. The van der Waals surface area contributed by atoms with Crippen LogP contribution in [0.1, 0.15) is 12.8 Å². The van der Waals surface area contributed by atoms with Crippen LogP contribution in [0.4, 0.5) is 0 Å². The molecule has 0 bridgehead atoms. The van der Waals surface area contributed by atoms with Gasteiger partial charge in [-0.25, -0.2) is 0 Å². The quantitative estimate of drug-likeness (QED) is 0.653. The Labute approximate surface area is 89.8 Å². The van der Waals surface area contributed by atoms with Crippen molar-refractivity contribution in [3.63, 3.8) is 0 Å². The van der Waals surface area contributed by atoms with Gasteiger partial charge < -0.3 is 19.9 Å². The molecule has 0 aromatic rings. The van der Waals surface area contributed by atoms with E-state index >= 15 is 0 Å². The maximum absolute atomic E-state index is 11.7. The van der Waals surface area contributed by atoms with E-state index in [-0.39, 0.29) is 24.5 Å². The van der Waals surface area contributed by atoms with Crippen LogP contribution in [0.3, 0.4) is 0 Å². The van der Waals surface area contributed by atoms with Crippen molar-refractivity contribution >= 4 is 5.91 Å². The number of amides is 1. The van der Waals surface area contributed by atoms with Gasteiger partial charge in [-0.3, -0.25) is 4.79 Å². The van der Waals surface area contributed by atoms with Crippen LogP contribution in [0.2, 0.25) is 0 Å². The lowest BCUT2D eigenvalue weighted by Gasteiger charge is -2.23. The number of nitrogens with one attached hydrogen (secondary N) is 1. The van der Waals surface area contributed by atoms with Crippen LogP contribution >= 0.6 is 0 Å². The molecule has 2 atom stereocenters. The van der Waals surface area contributed by atoms with Crippen LogP contribution < -0.4 is 5.32 Å². The smallest absolute Gasteiger partial charge is 0.225 e. The molecule has 5 nitrogen and oxygen atoms in total. The molecule has 5 heteroatoms. The first-order chi connectivity index (χ1) is 7.27. The van der Waals surface area contributed by atoms with Crippen molar-refractivity contribution in [2.24, 2.45) is 5.92 Å². The fraction of sp³-hybridized carbons (Fsp3) is 0.900. The van der Waals surface area contributed by atoms with Crippen LogP contribution in [0.15, 0.2) is 0 Å². The maximum Gasteiger partial charge on any atom is 0.225 e. The van der Waals surface area contributed by atoms with Crippen molar-refractivity contribution in [1.29, 1.82) is 0 Å². The number of aliphatic hydroxyl groups excluding tert-OH is 1. The number of aliphatic hydroxyl groups is 1. The van der Waals surface area contributed by atoms with Crippen LogP contribution in [0.25, 0.3) is 0 Å². The molecule has 0 saturated carbocycles. The summed E-state index contributed by atoms with van der Waals surface area (Å²) in [5.74, 6) is -0.129. The van der Waals surface area contributed by atoms with E-state index in [1.807, 2.05) is 0 Å². The van der Waals surface area contributed by atoms with Gasteiger partial charge in [0.15, 0.2) is 0 Å². The Hall–Kier alpha value is -0.650. The van der Waals surface area contributed by atoms with Crippen LogP contribution in [0, 0.1) is 5.92 Å². The van der Waals surface area contributed by atoms with Gasteiger partial charge in [-0.15, -0.1) is 0 Å². The zero-order chi connectivity index (χ0) is 11.1. The Balaban J connectivity index is 2.31. The van der Waals surface area contributed by atoms with Crippen molar-refractivity contribution in [2.75, 3.05) is 33.5 Å². The summed E-state index contributed by atoms with van der Waals surface area (Å²) < 4.78 is 10.1. The third-order valence-electron chi connectivity index (χ3n) is 2.47. The second-order valence-corrected chi connectivity index (χ2v) is 3.76. The Kier molecular flexibility index (Phi) is 5.60. The standard InChI is InChI=1S/C10H19NO4/c1-14-7-9(5-12)11-10(13)8-3-2-4-15-6-8/h8-9,12H,2-7H2,1H3,(H,11,13). The predicted octanol–water partition coefficient (Wildman–Crippen LogP) is -0.463. The fourth-order valence-electron chi connectivity index (χ4n) is 1.61. The number of ether oxygens (including phenoxy) is 2. The molecule has 1 aliphatic heterocycles. The first-order valence-electron chi connectivity index (χ1n) is 5.25. The summed E-state index contributed by atoms with van der Waals surface area (Å²) in [6.45, 7) is 1.45. The van der Waals surface area contributed by atoms with E-state index in [2.05, 4.69) is 5.32 Å². The van der Waals surface area contributed by atoms with E-state index in [4.69, 9.17) is 14.6 Å². The van der Waals surface area contributed by atoms with Gasteiger partial charge in [0.2, 0.25) is 5.91 Å². The topological polar surface area (TPSA) is 67.8 Å². The van der Waals surface area contributed by atoms with E-state index in [0.717, 1.165) is 19.4 Å². The number of carbonyl (C=O) groups is 1. The molecule has 1 amide bonds. The highest BCUT2D eigenvalue weighted by molar-refractivity contribution is 5.79. The van der Waals surface area contributed by atoms with Crippen molar-refractivity contribution in [1.82, 2.24) is 5.32 Å². The number of hydrogen-bond donors (Lipinski definition) is 2. The lowest BCUT2D eigenvalue weighted by Crippen LogP contribution is -2.45. The van der Waals surface area contributed by atoms with Gasteiger partial charge in [-0.1, -0.05) is 0 Å². The summed E-state index contributed by atoms with van der Waals surface area (Å²) in [5.41, 5.74) is 0. The average Bonchev–Trinajstić information content (AvgIpc) is 2.29. The lowest BCUT2D eigenvalue weighted by molar-refractivity contribution is -0.130. The van der Waals surface area contributed by atoms with Crippen molar-refractivity contribution in [2.45, 2.75) is 18.9 Å². The Bertz CT molecular complexity index is 192. The number of hydrogen-bond acceptors (Lipinski definition) is 4. The maximum atomic E-state index is 11.7. The molecule has 2 N–H and O–H groups in total. The van der Waals surface area contributed by atoms with E-state index in [1.165, 1.54) is 0 Å². The highest BCUT2D eigenvalue weighted by Gasteiger charge is 2.23. The molecule has 1 fully saturated rings. The third-order valence-corrected chi connectivity index (χ3v) is 2.47. The minimum Gasteiger partial charge on any atom is -0.394 e. The molecule has 0 spiro atoms. The summed E-state index contributed by atoms with van der Waals surface area (Å²) in [6.07, 6.45) is 1.78. The summed E-state index contributed by atoms with van der Waals surface area (Å²) in [5, 5.41) is 11.7. The number of rotatable bonds is 5. The van der Waals surface area contributed by atoms with Crippen molar-refractivity contribution in [3.8, 4) is 0 Å². The second kappa shape index (κ2) is 6.76. The molecule has 0 aromatic carbocycles. The van der Waals surface area contributed by atoms with Crippen molar-refractivity contribution < 1.29 is 19.4 Å². The van der Waals surface area contributed by atoms with E-state index in [9.17, 15) is 4.79 Å². The highest BCUT2D eigenvalue weighted by atomic mass is 16.5. The molecule has 88 valence electrons. The van der Waals surface area contributed by atoms with Gasteiger partial charge in [-0.05, 0) is 12.8 Å². The first-order valence-corrected chi connectivity index (χ1v) is 5.25. The fourth-order valence-corrected chi connectivity index (χ4v) is 1.61. The molecule has 0 aliphatic carbocycles. The zero-order valence-electron chi connectivity index (χ0n) is 9.07. The predicted molar refractivity (Wildman–Crippen MR) is 54.4 cm³/mol. The Morgan fingerprint density at radius 2 is 2.53 bits per heavy atom. The Morgan fingerprint density at radius 3 is 3.07 bits per heavy atom. The minimum atomic E-state index is -0.315. The summed E-state index contributed by atoms with van der Waals surface area (Å²) in [7, 11) is 1.54. The van der Waals surface area contributed by atoms with Gasteiger partial charge in [0.05, 0.1) is 31.8 Å². The Morgan fingerprint density at radius 1 is 1.73 bits per heavy atom. The molecule has 1 rings (SSSR count). The van der Waals surface area contributed by atoms with Crippen LogP contribution in [-0.4, -0.2) is 50.6 Å². The first kappa shape index (κ1) is 12.4. The third kappa shape index (κ3) is 4.15. The van der Waals surface area contributed by atoms with E-state index < -0.39 is 0 Å². The summed E-state index contributed by atoms with van der Waals surface area (Å²) >= 11 is 0. The normalized spacial score (nSPS) is 23.5. The van der Waals surface area contributed by atoms with Gasteiger partial charge in [0.1, 0.15) is 0 Å². The molecule has 0 aromatic heterocycles. The highest BCUT2D eigenvalue weighted by Crippen LogP contribution is 2.13. The second-order valence-electron chi connectivity index (χ2n) is 3.76. The monoisotopic (exact) mass is 217 g/mol. The van der Waals surface area contributed by atoms with Gasteiger partial charge in [-0.2, -0.15) is 0 Å². The largest absolute Gasteiger partial charge is 0.394 e. The molecule has 1 saturated heterocycles. The molecule has 2 unspecified atom stereocenters. The van der Waals surface area contributed by atoms with Crippen LogP contribution in [-0.2, 0) is 14.3 Å². The van der Waals surface area contributed by atoms with Gasteiger partial charge in [0.25, 0.3) is 0 Å². The summed E-state index contributed by atoms with van der Waals surface area (Å²) in [6, 6.07) is -0.315. The molecular formula is C10H19NO4. The summed E-state index contributed by atoms with van der Waals surface area (Å²) in [4.78, 5) is 11.7. The van der Waals surface area contributed by atoms with Crippen LogP contribution in [0.5, 0.6) is 0 Å². The SMILES string of the molecule is COCC(CO)NC(=O)C1CCCOC1. The van der Waals surface area contributed by atoms with E-state index in [0.29, 0.717) is 13.2 Å². The molecular weight excluding hydrogens is 198 g/mol. The van der Waals surface area contributed by atoms with Crippen molar-refractivity contribution in [3.05, 3.63) is 0 Å². The van der Waals surface area contributed by atoms with E-state index in [1.54, 1.807) is 7.11 Å². The molecule has 15 heavy (non-hydrogen) atoms. The molecule has 0 radical (unpaired) electrons. The molecule has 1 aliphatic rings. The number of methoxy groups -OCH3 is 1.